The molecule has 0 bridgehead atoms. The average Bonchev–Trinajstić information content (AvgIpc) is 3.63. The van der Waals surface area contributed by atoms with Crippen LogP contribution in [-0.4, -0.2) is 0 Å². The summed E-state index contributed by atoms with van der Waals surface area (Å²) in [5.41, 5.74) is 7.28. The minimum atomic E-state index is 0.623. The van der Waals surface area contributed by atoms with E-state index < -0.39 is 0 Å². The minimum absolute atomic E-state index is 0.623. The van der Waals surface area contributed by atoms with Crippen LogP contribution in [0.3, 0.4) is 0 Å². The molecule has 0 saturated carbocycles. The van der Waals surface area contributed by atoms with Crippen LogP contribution in [0.5, 0.6) is 0 Å². The normalized spacial score (nSPS) is 11.3. The van der Waals surface area contributed by atoms with Gasteiger partial charge in [-0.25, -0.2) is 0 Å². The zero-order chi connectivity index (χ0) is 28.2. The van der Waals surface area contributed by atoms with Crippen LogP contribution in [0.4, 0.5) is 0 Å². The maximum atomic E-state index is 10.8. The molecular formula is C38H20N2S2. The summed E-state index contributed by atoms with van der Waals surface area (Å²) >= 11 is 3.55. The van der Waals surface area contributed by atoms with Crippen LogP contribution < -0.4 is 0 Å². The van der Waals surface area contributed by atoms with Crippen molar-refractivity contribution in [2.24, 2.45) is 0 Å². The van der Waals surface area contributed by atoms with E-state index in [1.807, 2.05) is 24.3 Å². The molecule has 2 nitrogen and oxygen atoms in total. The van der Waals surface area contributed by atoms with Gasteiger partial charge in [0.15, 0.2) is 0 Å². The highest BCUT2D eigenvalue weighted by Crippen LogP contribution is 2.46. The van der Waals surface area contributed by atoms with E-state index >= 15 is 0 Å². The van der Waals surface area contributed by atoms with E-state index in [-0.39, 0.29) is 0 Å². The van der Waals surface area contributed by atoms with Crippen molar-refractivity contribution in [3.8, 4) is 45.5 Å². The molecule has 0 amide bonds. The molecule has 0 aliphatic heterocycles. The van der Waals surface area contributed by atoms with Gasteiger partial charge in [0.05, 0.1) is 17.2 Å². The summed E-state index contributed by atoms with van der Waals surface area (Å²) in [6, 6.07) is 46.6. The fourth-order valence-corrected chi connectivity index (χ4v) is 8.47. The van der Waals surface area contributed by atoms with Gasteiger partial charge in [0, 0.05) is 62.6 Å². The summed E-state index contributed by atoms with van der Waals surface area (Å²) in [5.74, 6) is 0. The van der Waals surface area contributed by atoms with Crippen molar-refractivity contribution in [3.63, 3.8) is 0 Å². The van der Waals surface area contributed by atoms with E-state index in [9.17, 15) is 10.5 Å². The van der Waals surface area contributed by atoms with Crippen molar-refractivity contribution < 1.29 is 0 Å². The van der Waals surface area contributed by atoms with Crippen LogP contribution in [-0.2, 0) is 0 Å². The van der Waals surface area contributed by atoms with Crippen LogP contribution >= 0.6 is 22.7 Å². The Kier molecular flexibility index (Phi) is 5.66. The summed E-state index contributed by atoms with van der Waals surface area (Å²) in [6.45, 7) is 0. The third-order valence-corrected chi connectivity index (χ3v) is 10.4. The maximum absolute atomic E-state index is 10.8. The molecule has 8 rings (SSSR count). The molecule has 4 heteroatoms. The molecule has 0 saturated heterocycles. The lowest BCUT2D eigenvalue weighted by Crippen LogP contribution is -1.93. The van der Waals surface area contributed by atoms with Crippen LogP contribution in [0.25, 0.3) is 73.7 Å². The fraction of sp³-hybridized carbons (Fsp3) is 0. The second-order valence-electron chi connectivity index (χ2n) is 10.3. The molecule has 0 unspecified atom stereocenters. The number of nitriles is 2. The predicted molar refractivity (Wildman–Crippen MR) is 178 cm³/mol. The summed E-state index contributed by atoms with van der Waals surface area (Å²) in [5, 5.41) is 25.1. The second kappa shape index (κ2) is 9.68. The standard InChI is InChI=1S/C38H20N2S2/c39-21-23-15-17-24(18-16-23)25-19-32(30-11-5-9-28-26-7-1-3-13-35(26)41-37(28)30)34(22-40)33(20-25)31-12-6-10-29-27-8-2-4-14-36(27)42-38(29)31/h1-20H. The molecular weight excluding hydrogens is 549 g/mol. The lowest BCUT2D eigenvalue weighted by Gasteiger charge is -2.15. The van der Waals surface area contributed by atoms with Gasteiger partial charge in [-0.2, -0.15) is 10.5 Å². The first-order chi connectivity index (χ1) is 20.7. The van der Waals surface area contributed by atoms with Gasteiger partial charge in [0.25, 0.3) is 0 Å². The predicted octanol–water partition coefficient (Wildman–Crippen LogP) is 11.2. The molecule has 0 spiro atoms. The molecule has 2 aromatic heterocycles. The monoisotopic (exact) mass is 568 g/mol. The van der Waals surface area contributed by atoms with Crippen molar-refractivity contribution in [3.05, 3.63) is 132 Å². The summed E-state index contributed by atoms with van der Waals surface area (Å²) in [6.07, 6.45) is 0. The molecule has 8 aromatic rings. The van der Waals surface area contributed by atoms with Gasteiger partial charge in [-0.05, 0) is 47.5 Å². The van der Waals surface area contributed by atoms with E-state index in [0.29, 0.717) is 11.1 Å². The quantitative estimate of drug-likeness (QED) is 0.213. The van der Waals surface area contributed by atoms with Crippen LogP contribution in [0.1, 0.15) is 11.1 Å². The average molecular weight is 569 g/mol. The SMILES string of the molecule is N#Cc1ccc(-c2cc(-c3cccc4c3sc3ccccc34)c(C#N)c(-c3cccc4c3sc3ccccc34)c2)cc1. The Balaban J connectivity index is 1.48. The molecule has 0 atom stereocenters. The first-order valence-electron chi connectivity index (χ1n) is 13.6. The number of fused-ring (bicyclic) bond motifs is 6. The fourth-order valence-electron chi connectivity index (χ4n) is 6.01. The Labute approximate surface area is 250 Å². The highest BCUT2D eigenvalue weighted by Gasteiger charge is 2.20. The number of thiophene rings is 2. The third kappa shape index (κ3) is 3.75. The molecule has 0 radical (unpaired) electrons. The number of rotatable bonds is 3. The van der Waals surface area contributed by atoms with Crippen molar-refractivity contribution in [1.29, 1.82) is 10.5 Å². The molecule has 194 valence electrons. The van der Waals surface area contributed by atoms with E-state index in [2.05, 4.69) is 109 Å². The van der Waals surface area contributed by atoms with Gasteiger partial charge < -0.3 is 0 Å². The van der Waals surface area contributed by atoms with Gasteiger partial charge in [-0.3, -0.25) is 0 Å². The van der Waals surface area contributed by atoms with Crippen LogP contribution in [0, 0.1) is 22.7 Å². The highest BCUT2D eigenvalue weighted by atomic mass is 32.1. The highest BCUT2D eigenvalue weighted by molar-refractivity contribution is 7.26. The molecule has 0 N–H and O–H groups in total. The lowest BCUT2D eigenvalue weighted by atomic mass is 9.87. The van der Waals surface area contributed by atoms with Gasteiger partial charge in [0.2, 0.25) is 0 Å². The van der Waals surface area contributed by atoms with Gasteiger partial charge in [-0.1, -0.05) is 84.9 Å². The van der Waals surface area contributed by atoms with Crippen LogP contribution in [0.2, 0.25) is 0 Å². The number of benzene rings is 6. The van der Waals surface area contributed by atoms with Gasteiger partial charge >= 0.3 is 0 Å². The van der Waals surface area contributed by atoms with Crippen molar-refractivity contribution in [1.82, 2.24) is 0 Å². The first kappa shape index (κ1) is 24.5. The van der Waals surface area contributed by atoms with E-state index in [1.165, 1.54) is 40.3 Å². The van der Waals surface area contributed by atoms with E-state index in [1.54, 1.807) is 22.7 Å². The second-order valence-corrected chi connectivity index (χ2v) is 12.4. The first-order valence-corrected chi connectivity index (χ1v) is 15.3. The topological polar surface area (TPSA) is 47.6 Å². The Morgan fingerprint density at radius 1 is 0.429 bits per heavy atom. The Hall–Kier alpha value is -5.26. The van der Waals surface area contributed by atoms with Crippen molar-refractivity contribution in [2.75, 3.05) is 0 Å². The van der Waals surface area contributed by atoms with Crippen molar-refractivity contribution in [2.45, 2.75) is 0 Å². The molecule has 0 aliphatic rings. The lowest BCUT2D eigenvalue weighted by molar-refractivity contribution is 1.47. The van der Waals surface area contributed by atoms with Gasteiger partial charge in [-0.15, -0.1) is 22.7 Å². The summed E-state index contributed by atoms with van der Waals surface area (Å²) in [4.78, 5) is 0. The van der Waals surface area contributed by atoms with E-state index in [4.69, 9.17) is 0 Å². The molecule has 6 aromatic carbocycles. The number of nitrogens with zero attached hydrogens (tertiary/aromatic N) is 2. The number of hydrogen-bond acceptors (Lipinski definition) is 4. The molecule has 0 aliphatic carbocycles. The summed E-state index contributed by atoms with van der Waals surface area (Å²) < 4.78 is 4.82. The van der Waals surface area contributed by atoms with E-state index in [0.717, 1.165) is 33.4 Å². The Morgan fingerprint density at radius 3 is 1.43 bits per heavy atom. The zero-order valence-electron chi connectivity index (χ0n) is 22.3. The molecule has 0 fully saturated rings. The largest absolute Gasteiger partial charge is 0.192 e. The molecule has 2 heterocycles. The number of hydrogen-bond donors (Lipinski definition) is 0. The van der Waals surface area contributed by atoms with Crippen molar-refractivity contribution >= 4 is 63.0 Å². The third-order valence-electron chi connectivity index (χ3n) is 7.99. The minimum Gasteiger partial charge on any atom is -0.192 e. The maximum Gasteiger partial charge on any atom is 0.100 e. The van der Waals surface area contributed by atoms with Crippen LogP contribution in [0.15, 0.2) is 121 Å². The molecule has 42 heavy (non-hydrogen) atoms. The Bertz CT molecular complexity index is 2290. The zero-order valence-corrected chi connectivity index (χ0v) is 23.9. The van der Waals surface area contributed by atoms with Gasteiger partial charge in [0.1, 0.15) is 6.07 Å². The summed E-state index contributed by atoms with van der Waals surface area (Å²) in [7, 11) is 0. The smallest absolute Gasteiger partial charge is 0.100 e. The Morgan fingerprint density at radius 2 is 0.929 bits per heavy atom.